The van der Waals surface area contributed by atoms with Crippen LogP contribution in [0.4, 0.5) is 8.78 Å². The first-order valence-corrected chi connectivity index (χ1v) is 11.4. The Morgan fingerprint density at radius 3 is 1.79 bits per heavy atom. The molecule has 0 saturated heterocycles. The summed E-state index contributed by atoms with van der Waals surface area (Å²) in [6.07, 6.45) is -1.35. The van der Waals surface area contributed by atoms with E-state index in [0.29, 0.717) is 6.08 Å². The van der Waals surface area contributed by atoms with E-state index >= 15 is 0 Å². The van der Waals surface area contributed by atoms with E-state index < -0.39 is 26.3 Å². The normalized spacial score (nSPS) is 15.1. The van der Waals surface area contributed by atoms with Gasteiger partial charge in [0.2, 0.25) is 0 Å². The Morgan fingerprint density at radius 1 is 1.00 bits per heavy atom. The zero-order valence-corrected chi connectivity index (χ0v) is 18.0. The first-order chi connectivity index (χ1) is 13.1. The lowest BCUT2D eigenvalue weighted by molar-refractivity contribution is -0.0995. The average Bonchev–Trinajstić information content (AvgIpc) is 2.68. The van der Waals surface area contributed by atoms with E-state index in [1.54, 1.807) is 6.92 Å². The molecule has 2 nitrogen and oxygen atoms in total. The van der Waals surface area contributed by atoms with E-state index in [2.05, 4.69) is 27.4 Å². The highest BCUT2D eigenvalue weighted by atomic mass is 28.4. The minimum atomic E-state index is -3.35. The Balaban J connectivity index is 2.49. The number of benzene rings is 2. The zero-order chi connectivity index (χ0) is 21.0. The summed E-state index contributed by atoms with van der Waals surface area (Å²) >= 11 is 0. The lowest BCUT2D eigenvalue weighted by Crippen LogP contribution is -2.67. The van der Waals surface area contributed by atoms with Crippen molar-refractivity contribution in [3.8, 4) is 0 Å². The molecule has 0 aliphatic heterocycles. The number of halogens is 2. The second kappa shape index (κ2) is 8.68. The molecule has 5 heteroatoms. The van der Waals surface area contributed by atoms with Gasteiger partial charge in [-0.1, -0.05) is 94.9 Å². The van der Waals surface area contributed by atoms with Crippen LogP contribution < -0.4 is 10.4 Å². The van der Waals surface area contributed by atoms with Crippen LogP contribution in [0.1, 0.15) is 27.7 Å². The van der Waals surface area contributed by atoms with Gasteiger partial charge in [0.25, 0.3) is 14.2 Å². The van der Waals surface area contributed by atoms with Crippen LogP contribution in [0.15, 0.2) is 73.3 Å². The zero-order valence-electron chi connectivity index (χ0n) is 17.0. The van der Waals surface area contributed by atoms with Gasteiger partial charge in [0, 0.05) is 12.5 Å². The van der Waals surface area contributed by atoms with Crippen molar-refractivity contribution in [1.82, 2.24) is 0 Å². The van der Waals surface area contributed by atoms with Crippen molar-refractivity contribution < 1.29 is 18.3 Å². The molecule has 2 aromatic rings. The standard InChI is InChI=1S/C23H30F2O2Si/c1-6-23(24,25)21(26)18(2)17-27-28(22(3,4)5,19-13-9-7-10-14-19)20-15-11-8-12-16-20/h6-16,18,21,26H,1,17H2,2-5H3/t18-,21-/m0/s1. The van der Waals surface area contributed by atoms with E-state index in [0.717, 1.165) is 10.4 Å². The van der Waals surface area contributed by atoms with Crippen molar-refractivity contribution in [3.63, 3.8) is 0 Å². The number of aliphatic hydroxyl groups excluding tert-OH is 1. The summed E-state index contributed by atoms with van der Waals surface area (Å²) in [5.41, 5.74) is 0. The van der Waals surface area contributed by atoms with Crippen LogP contribution in [0.5, 0.6) is 0 Å². The fourth-order valence-electron chi connectivity index (χ4n) is 3.61. The van der Waals surface area contributed by atoms with E-state index in [-0.39, 0.29) is 11.6 Å². The van der Waals surface area contributed by atoms with Gasteiger partial charge in [-0.25, -0.2) is 0 Å². The van der Waals surface area contributed by atoms with Crippen molar-refractivity contribution >= 4 is 18.7 Å². The Morgan fingerprint density at radius 2 is 1.43 bits per heavy atom. The van der Waals surface area contributed by atoms with Gasteiger partial charge in [0.15, 0.2) is 0 Å². The lowest BCUT2D eigenvalue weighted by Gasteiger charge is -2.44. The number of aliphatic hydroxyl groups is 1. The number of rotatable bonds is 8. The molecule has 0 spiro atoms. The summed E-state index contributed by atoms with van der Waals surface area (Å²) in [6.45, 7) is 11.1. The highest BCUT2D eigenvalue weighted by Gasteiger charge is 2.51. The molecule has 28 heavy (non-hydrogen) atoms. The maximum atomic E-state index is 13.9. The second-order valence-corrected chi connectivity index (χ2v) is 12.6. The molecule has 2 rings (SSSR count). The maximum Gasteiger partial charge on any atom is 0.291 e. The SMILES string of the molecule is C=CC(F)(F)[C@@H](O)[C@@H](C)CO[Si](c1ccccc1)(c1ccccc1)C(C)(C)C. The first kappa shape index (κ1) is 22.5. The van der Waals surface area contributed by atoms with Crippen LogP contribution in [0.2, 0.25) is 5.04 Å². The molecule has 0 bridgehead atoms. The monoisotopic (exact) mass is 404 g/mol. The molecule has 0 radical (unpaired) electrons. The fraction of sp³-hybridized carbons (Fsp3) is 0.391. The van der Waals surface area contributed by atoms with Gasteiger partial charge in [-0.05, 0) is 21.5 Å². The predicted octanol–water partition coefficient (Wildman–Crippen LogP) is 4.38. The molecule has 1 N–H and O–H groups in total. The van der Waals surface area contributed by atoms with Crippen molar-refractivity contribution in [1.29, 1.82) is 0 Å². The molecule has 0 aromatic heterocycles. The molecular weight excluding hydrogens is 374 g/mol. The van der Waals surface area contributed by atoms with Gasteiger partial charge in [-0.3, -0.25) is 0 Å². The molecule has 0 aliphatic rings. The minimum Gasteiger partial charge on any atom is -0.407 e. The van der Waals surface area contributed by atoms with Gasteiger partial charge >= 0.3 is 0 Å². The summed E-state index contributed by atoms with van der Waals surface area (Å²) in [5, 5.41) is 12.0. The molecule has 2 atom stereocenters. The topological polar surface area (TPSA) is 29.5 Å². The largest absolute Gasteiger partial charge is 0.407 e. The first-order valence-electron chi connectivity index (χ1n) is 9.50. The summed E-state index contributed by atoms with van der Waals surface area (Å²) in [4.78, 5) is 0. The third kappa shape index (κ3) is 4.42. The van der Waals surface area contributed by atoms with Crippen molar-refractivity contribution in [2.45, 2.75) is 44.8 Å². The van der Waals surface area contributed by atoms with Crippen molar-refractivity contribution in [2.75, 3.05) is 6.61 Å². The van der Waals surface area contributed by atoms with Crippen LogP contribution in [-0.2, 0) is 4.43 Å². The molecular formula is C23H30F2O2Si. The molecule has 2 aromatic carbocycles. The summed E-state index contributed by atoms with van der Waals surface area (Å²) in [5.74, 6) is -4.11. The highest BCUT2D eigenvalue weighted by Crippen LogP contribution is 2.37. The van der Waals surface area contributed by atoms with Gasteiger partial charge in [0.05, 0.1) is 0 Å². The fourth-order valence-corrected chi connectivity index (χ4v) is 8.28. The lowest BCUT2D eigenvalue weighted by atomic mass is 10.00. The molecule has 152 valence electrons. The quantitative estimate of drug-likeness (QED) is 0.523. The van der Waals surface area contributed by atoms with Crippen LogP contribution >= 0.6 is 0 Å². The van der Waals surface area contributed by atoms with Crippen LogP contribution in [0, 0.1) is 5.92 Å². The van der Waals surface area contributed by atoms with Crippen LogP contribution in [0.3, 0.4) is 0 Å². The molecule has 0 amide bonds. The third-order valence-electron chi connectivity index (χ3n) is 5.19. The second-order valence-electron chi connectivity index (χ2n) is 8.28. The third-order valence-corrected chi connectivity index (χ3v) is 10.2. The Labute approximate surface area is 168 Å². The number of hydrogen-bond acceptors (Lipinski definition) is 2. The maximum absolute atomic E-state index is 13.9. The molecule has 0 saturated carbocycles. The summed E-state index contributed by atoms with van der Waals surface area (Å²) in [6, 6.07) is 20.0. The minimum absolute atomic E-state index is 0.0257. The van der Waals surface area contributed by atoms with E-state index in [1.165, 1.54) is 0 Å². The van der Waals surface area contributed by atoms with Gasteiger partial charge in [-0.2, -0.15) is 8.78 Å². The number of hydrogen-bond donors (Lipinski definition) is 1. The molecule has 0 aliphatic carbocycles. The van der Waals surface area contributed by atoms with Gasteiger partial charge < -0.3 is 9.53 Å². The Bertz CT molecular complexity index is 718. The Kier molecular flexibility index (Phi) is 6.96. The summed E-state index contributed by atoms with van der Waals surface area (Å²) in [7, 11) is -2.81. The van der Waals surface area contributed by atoms with Crippen LogP contribution in [-0.4, -0.2) is 32.1 Å². The smallest absolute Gasteiger partial charge is 0.291 e. The van der Waals surface area contributed by atoms with Crippen molar-refractivity contribution in [3.05, 3.63) is 73.3 Å². The van der Waals surface area contributed by atoms with E-state index in [9.17, 15) is 13.9 Å². The molecule has 0 fully saturated rings. The molecule has 0 unspecified atom stereocenters. The Hall–Kier alpha value is -1.82. The van der Waals surface area contributed by atoms with Gasteiger partial charge in [0.1, 0.15) is 6.10 Å². The highest BCUT2D eigenvalue weighted by molar-refractivity contribution is 6.99. The van der Waals surface area contributed by atoms with Crippen molar-refractivity contribution in [2.24, 2.45) is 5.92 Å². The summed E-state index contributed by atoms with van der Waals surface area (Å²) < 4.78 is 34.4. The predicted molar refractivity (Wildman–Crippen MR) is 114 cm³/mol. The van der Waals surface area contributed by atoms with E-state index in [1.807, 2.05) is 60.7 Å². The average molecular weight is 405 g/mol. The van der Waals surface area contributed by atoms with Crippen LogP contribution in [0.25, 0.3) is 0 Å². The molecule has 0 heterocycles. The number of alkyl halides is 2. The van der Waals surface area contributed by atoms with E-state index in [4.69, 9.17) is 4.43 Å². The van der Waals surface area contributed by atoms with Gasteiger partial charge in [-0.15, -0.1) is 0 Å².